The zero-order chi connectivity index (χ0) is 21.1. The molecule has 7 heteroatoms. The van der Waals surface area contributed by atoms with Gasteiger partial charge in [-0.05, 0) is 46.3 Å². The third-order valence-corrected chi connectivity index (χ3v) is 5.53. The molecule has 3 aromatic carbocycles. The second kappa shape index (κ2) is 8.42. The molecule has 1 heterocycles. The number of fused-ring (bicyclic) bond motifs is 1. The summed E-state index contributed by atoms with van der Waals surface area (Å²) in [7, 11) is 1.54. The minimum atomic E-state index is -0.882. The van der Waals surface area contributed by atoms with Crippen LogP contribution in [0.3, 0.4) is 0 Å². The summed E-state index contributed by atoms with van der Waals surface area (Å²) in [6.07, 6.45) is -0.0374. The molecule has 0 aromatic heterocycles. The molecule has 0 radical (unpaired) electrons. The van der Waals surface area contributed by atoms with Gasteiger partial charge in [-0.2, -0.15) is 4.99 Å². The van der Waals surface area contributed by atoms with E-state index in [4.69, 9.17) is 9.84 Å². The second-order valence-corrected chi connectivity index (χ2v) is 7.64. The fourth-order valence-electron chi connectivity index (χ4n) is 3.18. The maximum absolute atomic E-state index is 12.5. The van der Waals surface area contributed by atoms with E-state index in [-0.39, 0.29) is 12.3 Å². The Hall–Kier alpha value is -3.58. The highest BCUT2D eigenvalue weighted by Crippen LogP contribution is 2.35. The third kappa shape index (κ3) is 4.21. The SMILES string of the molecule is COC(=C1SC(Nc2ccc(CC(=O)O)cc2)=NC1=O)c1ccc2ccccc2c1. The number of carboxylic acid groups (broad SMARTS) is 1. The molecule has 0 bridgehead atoms. The van der Waals surface area contributed by atoms with E-state index in [9.17, 15) is 9.59 Å². The summed E-state index contributed by atoms with van der Waals surface area (Å²) in [6.45, 7) is 0. The van der Waals surface area contributed by atoms with Crippen molar-refractivity contribution in [3.8, 4) is 0 Å². The van der Waals surface area contributed by atoms with E-state index in [2.05, 4.69) is 10.3 Å². The number of amides is 1. The third-order valence-electron chi connectivity index (χ3n) is 4.58. The van der Waals surface area contributed by atoms with E-state index >= 15 is 0 Å². The number of amidine groups is 1. The van der Waals surface area contributed by atoms with Crippen LogP contribution in [-0.4, -0.2) is 29.3 Å². The Labute approximate surface area is 177 Å². The largest absolute Gasteiger partial charge is 0.495 e. The lowest BCUT2D eigenvalue weighted by molar-refractivity contribution is -0.136. The highest BCUT2D eigenvalue weighted by molar-refractivity contribution is 8.18. The highest BCUT2D eigenvalue weighted by Gasteiger charge is 2.27. The number of hydrogen-bond acceptors (Lipinski definition) is 5. The van der Waals surface area contributed by atoms with Crippen LogP contribution in [0, 0.1) is 0 Å². The molecule has 2 N–H and O–H groups in total. The summed E-state index contributed by atoms with van der Waals surface area (Å²) in [4.78, 5) is 27.8. The highest BCUT2D eigenvalue weighted by atomic mass is 32.2. The van der Waals surface area contributed by atoms with Gasteiger partial charge in [-0.3, -0.25) is 9.59 Å². The standard InChI is InChI=1S/C23H18N2O4S/c1-29-20(17-9-8-15-4-2-3-5-16(15)13-17)21-22(28)25-23(30-21)24-18-10-6-14(7-11-18)12-19(26)27/h2-11,13H,12H2,1H3,(H,26,27)(H,24,25,28). The average Bonchev–Trinajstić information content (AvgIpc) is 3.09. The van der Waals surface area contributed by atoms with Crippen LogP contribution in [0.25, 0.3) is 16.5 Å². The summed E-state index contributed by atoms with van der Waals surface area (Å²) in [5, 5.41) is 14.6. The number of carbonyl (C=O) groups is 2. The van der Waals surface area contributed by atoms with Crippen molar-refractivity contribution in [2.45, 2.75) is 6.42 Å². The predicted octanol–water partition coefficient (Wildman–Crippen LogP) is 4.52. The van der Waals surface area contributed by atoms with E-state index < -0.39 is 5.97 Å². The normalized spacial score (nSPS) is 15.1. The Bertz CT molecular complexity index is 1200. The molecule has 0 spiro atoms. The van der Waals surface area contributed by atoms with Crippen molar-refractivity contribution in [3.05, 3.63) is 82.8 Å². The van der Waals surface area contributed by atoms with Crippen LogP contribution in [0.4, 0.5) is 5.69 Å². The molecule has 6 nitrogen and oxygen atoms in total. The minimum Gasteiger partial charge on any atom is -0.495 e. The van der Waals surface area contributed by atoms with E-state index in [0.29, 0.717) is 27.1 Å². The van der Waals surface area contributed by atoms with E-state index in [1.807, 2.05) is 42.5 Å². The number of anilines is 1. The predicted molar refractivity (Wildman–Crippen MR) is 119 cm³/mol. The number of carbonyl (C=O) groups excluding carboxylic acids is 1. The van der Waals surface area contributed by atoms with Gasteiger partial charge in [-0.25, -0.2) is 0 Å². The molecule has 1 aliphatic heterocycles. The van der Waals surface area contributed by atoms with Crippen LogP contribution < -0.4 is 5.32 Å². The van der Waals surface area contributed by atoms with Gasteiger partial charge in [0.25, 0.3) is 5.91 Å². The summed E-state index contributed by atoms with van der Waals surface area (Å²) >= 11 is 1.21. The molecule has 0 fully saturated rings. The molecule has 0 saturated carbocycles. The number of carboxylic acids is 1. The van der Waals surface area contributed by atoms with Gasteiger partial charge in [0.1, 0.15) is 10.7 Å². The molecule has 1 amide bonds. The first-order valence-corrected chi connectivity index (χ1v) is 10.0. The van der Waals surface area contributed by atoms with Crippen LogP contribution in [0.5, 0.6) is 0 Å². The van der Waals surface area contributed by atoms with Gasteiger partial charge in [0.15, 0.2) is 5.17 Å². The maximum atomic E-state index is 12.5. The van der Waals surface area contributed by atoms with E-state index in [1.54, 1.807) is 24.3 Å². The van der Waals surface area contributed by atoms with Gasteiger partial charge in [0, 0.05) is 11.3 Å². The van der Waals surface area contributed by atoms with Gasteiger partial charge in [-0.15, -0.1) is 0 Å². The monoisotopic (exact) mass is 418 g/mol. The Morgan fingerprint density at radius 1 is 1.07 bits per heavy atom. The lowest BCUT2D eigenvalue weighted by atomic mass is 10.1. The molecule has 0 saturated heterocycles. The molecule has 0 unspecified atom stereocenters. The van der Waals surface area contributed by atoms with Crippen LogP contribution in [0.2, 0.25) is 0 Å². The molecule has 4 rings (SSSR count). The lowest BCUT2D eigenvalue weighted by Crippen LogP contribution is -2.05. The van der Waals surface area contributed by atoms with Crippen LogP contribution >= 0.6 is 11.8 Å². The number of methoxy groups -OCH3 is 1. The number of hydrogen-bond donors (Lipinski definition) is 2. The zero-order valence-electron chi connectivity index (χ0n) is 16.1. The van der Waals surface area contributed by atoms with Crippen molar-refractivity contribution >= 4 is 51.0 Å². The Morgan fingerprint density at radius 2 is 1.80 bits per heavy atom. The fraction of sp³-hybridized carbons (Fsp3) is 0.0870. The van der Waals surface area contributed by atoms with Crippen molar-refractivity contribution in [2.24, 2.45) is 4.99 Å². The first-order chi connectivity index (χ1) is 14.5. The molecule has 0 aliphatic carbocycles. The summed E-state index contributed by atoms with van der Waals surface area (Å²) in [5.74, 6) is -0.768. The lowest BCUT2D eigenvalue weighted by Gasteiger charge is -2.10. The molecule has 1 aliphatic rings. The van der Waals surface area contributed by atoms with Gasteiger partial charge >= 0.3 is 5.97 Å². The van der Waals surface area contributed by atoms with Crippen molar-refractivity contribution < 1.29 is 19.4 Å². The molecule has 3 aromatic rings. The smallest absolute Gasteiger partial charge is 0.307 e. The van der Waals surface area contributed by atoms with Gasteiger partial charge in [0.05, 0.1) is 13.5 Å². The van der Waals surface area contributed by atoms with E-state index in [0.717, 1.165) is 16.3 Å². The van der Waals surface area contributed by atoms with Crippen molar-refractivity contribution in [1.82, 2.24) is 0 Å². The first kappa shape index (κ1) is 19.7. The molecule has 150 valence electrons. The number of aliphatic carboxylic acids is 1. The number of benzene rings is 3. The molecule has 30 heavy (non-hydrogen) atoms. The summed E-state index contributed by atoms with van der Waals surface area (Å²) < 4.78 is 5.57. The van der Waals surface area contributed by atoms with Gasteiger partial charge < -0.3 is 15.2 Å². The van der Waals surface area contributed by atoms with Crippen molar-refractivity contribution in [3.63, 3.8) is 0 Å². The quantitative estimate of drug-likeness (QED) is 0.468. The number of thioether (sulfide) groups is 1. The Balaban J connectivity index is 1.56. The first-order valence-electron chi connectivity index (χ1n) is 9.19. The number of nitrogens with zero attached hydrogens (tertiary/aromatic N) is 1. The number of ether oxygens (including phenoxy) is 1. The van der Waals surface area contributed by atoms with Gasteiger partial charge in [0.2, 0.25) is 0 Å². The molecular weight excluding hydrogens is 400 g/mol. The van der Waals surface area contributed by atoms with Crippen LogP contribution in [-0.2, 0) is 20.7 Å². The second-order valence-electron chi connectivity index (χ2n) is 6.64. The van der Waals surface area contributed by atoms with Crippen LogP contribution in [0.1, 0.15) is 11.1 Å². The van der Waals surface area contributed by atoms with Crippen LogP contribution in [0.15, 0.2) is 76.6 Å². The minimum absolute atomic E-state index is 0.0374. The summed E-state index contributed by atoms with van der Waals surface area (Å²) in [5.41, 5.74) is 2.22. The van der Waals surface area contributed by atoms with Gasteiger partial charge in [-0.1, -0.05) is 48.5 Å². The Kier molecular flexibility index (Phi) is 5.54. The Morgan fingerprint density at radius 3 is 2.50 bits per heavy atom. The summed E-state index contributed by atoms with van der Waals surface area (Å²) in [6, 6.07) is 20.9. The molecular formula is C23H18N2O4S. The average molecular weight is 418 g/mol. The maximum Gasteiger partial charge on any atom is 0.307 e. The van der Waals surface area contributed by atoms with Crippen molar-refractivity contribution in [2.75, 3.05) is 12.4 Å². The number of aliphatic imine (C=N–C) groups is 1. The fourth-order valence-corrected chi connectivity index (χ4v) is 4.10. The number of rotatable bonds is 5. The topological polar surface area (TPSA) is 88.0 Å². The number of nitrogens with one attached hydrogen (secondary N) is 1. The van der Waals surface area contributed by atoms with Crippen molar-refractivity contribution in [1.29, 1.82) is 0 Å². The van der Waals surface area contributed by atoms with E-state index in [1.165, 1.54) is 18.9 Å². The molecule has 0 atom stereocenters. The zero-order valence-corrected chi connectivity index (χ0v) is 16.9.